The number of benzene rings is 3. The van der Waals surface area contributed by atoms with Gasteiger partial charge < -0.3 is 15.0 Å². The molecule has 1 aromatic heterocycles. The zero-order valence-corrected chi connectivity index (χ0v) is 37.0. The molecule has 1 atom stereocenters. The van der Waals surface area contributed by atoms with E-state index in [0.717, 1.165) is 48.5 Å². The van der Waals surface area contributed by atoms with Crippen molar-refractivity contribution in [3.05, 3.63) is 88.0 Å². The summed E-state index contributed by atoms with van der Waals surface area (Å²) in [5, 5.41) is 15.4. The van der Waals surface area contributed by atoms with Gasteiger partial charge in [0.2, 0.25) is 17.7 Å². The molecule has 0 radical (unpaired) electrons. The third kappa shape index (κ3) is 10.5. The molecular weight excluding hydrogens is 849 g/mol. The summed E-state index contributed by atoms with van der Waals surface area (Å²) in [6.45, 7) is 7.33. The van der Waals surface area contributed by atoms with Gasteiger partial charge in [0.25, 0.3) is 5.56 Å². The number of piperidine rings is 3. The fourth-order valence-corrected chi connectivity index (χ4v) is 9.56. The first-order valence-corrected chi connectivity index (χ1v) is 23.0. The van der Waals surface area contributed by atoms with Crippen LogP contribution in [0.3, 0.4) is 0 Å². The second kappa shape index (κ2) is 19.4. The average molecular weight is 902 g/mol. The van der Waals surface area contributed by atoms with Crippen LogP contribution in [-0.4, -0.2) is 102 Å². The highest BCUT2D eigenvalue weighted by atomic mass is 32.2. The highest BCUT2D eigenvalue weighted by Crippen LogP contribution is 2.37. The summed E-state index contributed by atoms with van der Waals surface area (Å²) in [7, 11) is -2.66. The van der Waals surface area contributed by atoms with Crippen LogP contribution in [0, 0.1) is 28.4 Å². The number of rotatable bonds is 15. The first kappa shape index (κ1) is 46.0. The van der Waals surface area contributed by atoms with Gasteiger partial charge in [0.15, 0.2) is 11.6 Å². The standard InChI is InChI=1S/C45H53F2N9O7S/c1-4-53(3)64(61,62)52-38-11-9-35(46)42(34(38)26-48)63-31-7-10-37-33(25-31)44(60)56(28-49-37)19-5-16-45(2)17-22-55(23-18-45)41(58)27-54-20-14-29(15-21-54)32-8-6-30(24-36(32)47)50-39-12-13-40(57)51-43(39)59/h6-11,24-25,28-29,39,50,52H,4-5,12-23,27H2,1-3H3,(H,51,57,59). The summed E-state index contributed by atoms with van der Waals surface area (Å²) in [5.41, 5.74) is 0.633. The van der Waals surface area contributed by atoms with Gasteiger partial charge in [0.05, 0.1) is 29.5 Å². The van der Waals surface area contributed by atoms with Crippen molar-refractivity contribution in [2.45, 2.75) is 83.7 Å². The Bertz CT molecular complexity index is 2640. The number of nitriles is 1. The number of carbonyl (C=O) groups excluding carboxylic acids is 3. The van der Waals surface area contributed by atoms with Gasteiger partial charge in [0.1, 0.15) is 29.2 Å². The van der Waals surface area contributed by atoms with Crippen LogP contribution >= 0.6 is 0 Å². The Morgan fingerprint density at radius 2 is 1.78 bits per heavy atom. The van der Waals surface area contributed by atoms with Gasteiger partial charge in [-0.05, 0) is 117 Å². The van der Waals surface area contributed by atoms with Crippen LogP contribution < -0.4 is 25.7 Å². The van der Waals surface area contributed by atoms with Crippen molar-refractivity contribution in [3.8, 4) is 17.6 Å². The number of ether oxygens (including phenoxy) is 1. The Labute approximate surface area is 370 Å². The maximum atomic E-state index is 15.2. The maximum Gasteiger partial charge on any atom is 0.301 e. The van der Waals surface area contributed by atoms with E-state index in [4.69, 9.17) is 4.74 Å². The Kier molecular flexibility index (Phi) is 14.0. The van der Waals surface area contributed by atoms with E-state index in [2.05, 4.69) is 32.2 Å². The molecular formula is C45H53F2N9O7S. The number of likely N-dealkylation sites (tertiary alicyclic amines) is 2. The van der Waals surface area contributed by atoms with E-state index in [1.165, 1.54) is 36.1 Å². The van der Waals surface area contributed by atoms with Crippen LogP contribution in [0.4, 0.5) is 20.2 Å². The normalized spacial score (nSPS) is 18.5. The number of anilines is 2. The predicted molar refractivity (Wildman–Crippen MR) is 236 cm³/mol. The molecule has 4 heterocycles. The second-order valence-electron chi connectivity index (χ2n) is 17.2. The van der Waals surface area contributed by atoms with Gasteiger partial charge in [-0.25, -0.2) is 13.8 Å². The van der Waals surface area contributed by atoms with Crippen molar-refractivity contribution >= 4 is 50.2 Å². The number of fused-ring (bicyclic) bond motifs is 1. The fourth-order valence-electron chi connectivity index (χ4n) is 8.61. The highest BCUT2D eigenvalue weighted by Gasteiger charge is 2.33. The smallest absolute Gasteiger partial charge is 0.301 e. The van der Waals surface area contributed by atoms with Crippen LogP contribution in [-0.2, 0) is 31.1 Å². The molecule has 340 valence electrons. The minimum atomic E-state index is -4.02. The largest absolute Gasteiger partial charge is 0.453 e. The number of aromatic nitrogens is 2. The van der Waals surface area contributed by atoms with Crippen LogP contribution in [0.2, 0.25) is 0 Å². The van der Waals surface area contributed by atoms with Crippen molar-refractivity contribution < 1.29 is 36.3 Å². The first-order chi connectivity index (χ1) is 30.6. The molecule has 0 aliphatic carbocycles. The number of halogens is 2. The van der Waals surface area contributed by atoms with Crippen LogP contribution in [0.1, 0.15) is 82.3 Å². The number of carbonyl (C=O) groups is 3. The minimum absolute atomic E-state index is 0.0183. The molecule has 3 fully saturated rings. The summed E-state index contributed by atoms with van der Waals surface area (Å²) < 4.78 is 66.2. The van der Waals surface area contributed by atoms with Crippen LogP contribution in [0.25, 0.3) is 10.9 Å². The van der Waals surface area contributed by atoms with E-state index in [1.54, 1.807) is 25.1 Å². The van der Waals surface area contributed by atoms with Gasteiger partial charge in [-0.1, -0.05) is 19.9 Å². The van der Waals surface area contributed by atoms with Crippen molar-refractivity contribution in [1.29, 1.82) is 5.26 Å². The SMILES string of the molecule is CCN(C)S(=O)(=O)Nc1ccc(F)c(Oc2ccc3ncn(CCCC4(C)CCN(C(=O)CN5CCC(c6ccc(NC7CCC(=O)NC7=O)cc6F)CC5)CC4)c(=O)c3c2)c1C#N. The van der Waals surface area contributed by atoms with Crippen molar-refractivity contribution in [2.75, 3.05) is 56.4 Å². The van der Waals surface area contributed by atoms with E-state index < -0.39 is 33.7 Å². The predicted octanol–water partition coefficient (Wildman–Crippen LogP) is 5.45. The van der Waals surface area contributed by atoms with E-state index in [0.29, 0.717) is 68.9 Å². The van der Waals surface area contributed by atoms with Crippen LogP contribution in [0.15, 0.2) is 59.7 Å². The molecule has 0 spiro atoms. The summed E-state index contributed by atoms with van der Waals surface area (Å²) in [6, 6.07) is 12.8. The van der Waals surface area contributed by atoms with Crippen molar-refractivity contribution in [2.24, 2.45) is 5.41 Å². The molecule has 64 heavy (non-hydrogen) atoms. The molecule has 3 saturated heterocycles. The van der Waals surface area contributed by atoms with Gasteiger partial charge in [-0.3, -0.25) is 38.7 Å². The number of amides is 3. The Balaban J connectivity index is 0.880. The molecule has 0 bridgehead atoms. The highest BCUT2D eigenvalue weighted by molar-refractivity contribution is 7.90. The third-order valence-corrected chi connectivity index (χ3v) is 14.4. The average Bonchev–Trinajstić information content (AvgIpc) is 3.27. The number of imide groups is 1. The molecule has 3 aliphatic rings. The van der Waals surface area contributed by atoms with Gasteiger partial charge in [-0.15, -0.1) is 0 Å². The molecule has 1 unspecified atom stereocenters. The molecule has 4 aromatic rings. The Morgan fingerprint density at radius 3 is 2.47 bits per heavy atom. The number of hydrogen-bond acceptors (Lipinski definition) is 11. The summed E-state index contributed by atoms with van der Waals surface area (Å²) in [5.74, 6) is -2.29. The van der Waals surface area contributed by atoms with E-state index >= 15 is 8.78 Å². The van der Waals surface area contributed by atoms with Gasteiger partial charge in [0, 0.05) is 45.3 Å². The third-order valence-electron chi connectivity index (χ3n) is 12.8. The number of nitrogens with one attached hydrogen (secondary N) is 3. The van der Waals surface area contributed by atoms with Gasteiger partial charge in [-0.2, -0.15) is 18.0 Å². The van der Waals surface area contributed by atoms with Crippen molar-refractivity contribution in [1.82, 2.24) is 29.0 Å². The quantitative estimate of drug-likeness (QED) is 0.128. The second-order valence-corrected chi connectivity index (χ2v) is 19.0. The summed E-state index contributed by atoms with van der Waals surface area (Å²) in [6.07, 6.45) is 6.67. The van der Waals surface area contributed by atoms with Crippen molar-refractivity contribution in [3.63, 3.8) is 0 Å². The zero-order valence-electron chi connectivity index (χ0n) is 36.2. The lowest BCUT2D eigenvalue weighted by molar-refractivity contribution is -0.135. The lowest BCUT2D eigenvalue weighted by atomic mass is 9.76. The lowest BCUT2D eigenvalue weighted by Gasteiger charge is -2.40. The molecule has 0 saturated carbocycles. The zero-order chi connectivity index (χ0) is 45.8. The molecule has 7 rings (SSSR count). The summed E-state index contributed by atoms with van der Waals surface area (Å²) in [4.78, 5) is 59.1. The number of nitrogens with zero attached hydrogens (tertiary/aromatic N) is 6. The molecule has 3 aliphatic heterocycles. The molecule has 16 nitrogen and oxygen atoms in total. The van der Waals surface area contributed by atoms with Crippen LogP contribution in [0.5, 0.6) is 11.5 Å². The lowest BCUT2D eigenvalue weighted by Crippen LogP contribution is -2.47. The monoisotopic (exact) mass is 901 g/mol. The minimum Gasteiger partial charge on any atom is -0.453 e. The molecule has 3 amide bonds. The topological polar surface area (TPSA) is 199 Å². The molecule has 3 N–H and O–H groups in total. The number of aryl methyl sites for hydroxylation is 1. The first-order valence-electron chi connectivity index (χ1n) is 21.6. The Morgan fingerprint density at radius 1 is 1.03 bits per heavy atom. The summed E-state index contributed by atoms with van der Waals surface area (Å²) >= 11 is 0. The number of hydrogen-bond donors (Lipinski definition) is 3. The molecule has 3 aromatic carbocycles. The maximum absolute atomic E-state index is 15.2. The van der Waals surface area contributed by atoms with E-state index in [1.807, 2.05) is 11.0 Å². The van der Waals surface area contributed by atoms with E-state index in [-0.39, 0.29) is 69.9 Å². The Hall–Kier alpha value is -5.97. The molecule has 19 heteroatoms. The van der Waals surface area contributed by atoms with E-state index in [9.17, 15) is 32.9 Å². The van der Waals surface area contributed by atoms with Gasteiger partial charge >= 0.3 is 10.2 Å². The fraction of sp³-hybridized carbons (Fsp3) is 0.467.